The summed E-state index contributed by atoms with van der Waals surface area (Å²) in [6.07, 6.45) is -2.86. The van der Waals surface area contributed by atoms with Crippen LogP contribution in [0.4, 0.5) is 13.2 Å². The Labute approximate surface area is 192 Å². The lowest BCUT2D eigenvalue weighted by molar-refractivity contribution is -0.214. The molecule has 0 radical (unpaired) electrons. The molecule has 0 amide bonds. The van der Waals surface area contributed by atoms with Crippen LogP contribution < -0.4 is 15.2 Å². The number of nitrogens with zero attached hydrogens (tertiary/aromatic N) is 2. The molecule has 0 unspecified atom stereocenters. The summed E-state index contributed by atoms with van der Waals surface area (Å²) in [5, 5.41) is 10.7. The highest BCUT2D eigenvalue weighted by molar-refractivity contribution is 6.32. The van der Waals surface area contributed by atoms with E-state index < -0.39 is 28.7 Å². The maximum atomic E-state index is 14.2. The van der Waals surface area contributed by atoms with Crippen LogP contribution in [0, 0.1) is 0 Å². The second-order valence-electron chi connectivity index (χ2n) is 8.16. The summed E-state index contributed by atoms with van der Waals surface area (Å²) in [7, 11) is 1.56. The lowest BCUT2D eigenvalue weighted by Crippen LogP contribution is -2.67. The molecule has 1 aromatic carbocycles. The summed E-state index contributed by atoms with van der Waals surface area (Å²) in [6, 6.07) is 4.17. The summed E-state index contributed by atoms with van der Waals surface area (Å²) in [5.41, 5.74) is -2.47. The Morgan fingerprint density at radius 2 is 1.97 bits per heavy atom. The molecule has 7 nitrogen and oxygen atoms in total. The zero-order valence-electron chi connectivity index (χ0n) is 17.7. The molecule has 4 rings (SSSR count). The number of ether oxygens (including phenoxy) is 2. The molecular formula is C22H22ClF3N2O5. The number of carboxylic acids is 1. The molecule has 2 aromatic rings. The Morgan fingerprint density at radius 3 is 2.55 bits per heavy atom. The Kier molecular flexibility index (Phi) is 6.09. The SMILES string of the molecule is COCCCOc1cc2c(cc1Cl)-c1cc(=O)c(C(=O)O)cn1N(C1(C(F)(F)F)CCC1)C2. The molecule has 1 N–H and O–H groups in total. The third-order valence-electron chi connectivity index (χ3n) is 6.23. The fourth-order valence-corrected chi connectivity index (χ4v) is 4.56. The number of hydrogen-bond acceptors (Lipinski definition) is 5. The highest BCUT2D eigenvalue weighted by Gasteiger charge is 2.63. The smallest absolute Gasteiger partial charge is 0.413 e. The number of halogens is 4. The average Bonchev–Trinajstić information content (AvgIpc) is 2.69. The average molecular weight is 487 g/mol. The first kappa shape index (κ1) is 23.4. The summed E-state index contributed by atoms with van der Waals surface area (Å²) < 4.78 is 54.5. The zero-order valence-corrected chi connectivity index (χ0v) is 18.5. The fraction of sp³-hybridized carbons (Fsp3) is 0.455. The van der Waals surface area contributed by atoms with Gasteiger partial charge in [-0.25, -0.2) is 4.79 Å². The van der Waals surface area contributed by atoms with Crippen molar-refractivity contribution in [2.24, 2.45) is 0 Å². The molecule has 1 aliphatic heterocycles. The predicted octanol–water partition coefficient (Wildman–Crippen LogP) is 4.22. The zero-order chi connectivity index (χ0) is 24.0. The molecule has 0 bridgehead atoms. The molecule has 178 valence electrons. The maximum Gasteiger partial charge on any atom is 0.413 e. The maximum absolute atomic E-state index is 14.2. The number of rotatable bonds is 7. The second kappa shape index (κ2) is 8.57. The van der Waals surface area contributed by atoms with E-state index in [4.69, 9.17) is 21.1 Å². The van der Waals surface area contributed by atoms with E-state index in [0.717, 1.165) is 21.9 Å². The monoisotopic (exact) mass is 486 g/mol. The van der Waals surface area contributed by atoms with Gasteiger partial charge in [-0.3, -0.25) is 14.5 Å². The van der Waals surface area contributed by atoms with E-state index in [9.17, 15) is 27.9 Å². The number of alkyl halides is 3. The van der Waals surface area contributed by atoms with Crippen molar-refractivity contribution in [3.8, 4) is 17.0 Å². The number of fused-ring (bicyclic) bond motifs is 3. The van der Waals surface area contributed by atoms with Gasteiger partial charge < -0.3 is 14.6 Å². The molecule has 33 heavy (non-hydrogen) atoms. The van der Waals surface area contributed by atoms with Crippen LogP contribution in [-0.2, 0) is 11.3 Å². The van der Waals surface area contributed by atoms with Gasteiger partial charge in [-0.05, 0) is 37.0 Å². The van der Waals surface area contributed by atoms with Gasteiger partial charge >= 0.3 is 12.1 Å². The molecule has 2 aliphatic rings. The Hall–Kier alpha value is -2.72. The van der Waals surface area contributed by atoms with Gasteiger partial charge in [0.15, 0.2) is 11.0 Å². The quantitative estimate of drug-likeness (QED) is 0.590. The van der Waals surface area contributed by atoms with Crippen LogP contribution >= 0.6 is 11.6 Å². The van der Waals surface area contributed by atoms with Crippen LogP contribution in [0.5, 0.6) is 5.75 Å². The van der Waals surface area contributed by atoms with Gasteiger partial charge in [0.05, 0.1) is 23.9 Å². The van der Waals surface area contributed by atoms with Crippen LogP contribution in [0.1, 0.15) is 41.6 Å². The van der Waals surface area contributed by atoms with Gasteiger partial charge in [-0.2, -0.15) is 13.2 Å². The minimum atomic E-state index is -4.56. The number of carbonyl (C=O) groups is 1. The lowest BCUT2D eigenvalue weighted by Gasteiger charge is -2.54. The number of hydrogen-bond donors (Lipinski definition) is 1. The Bertz CT molecular complexity index is 1140. The third kappa shape index (κ3) is 3.95. The van der Waals surface area contributed by atoms with Crippen LogP contribution in [0.25, 0.3) is 11.3 Å². The van der Waals surface area contributed by atoms with Gasteiger partial charge in [-0.1, -0.05) is 11.6 Å². The molecule has 1 aromatic heterocycles. The topological polar surface area (TPSA) is 81.0 Å². The number of methoxy groups -OCH3 is 1. The van der Waals surface area contributed by atoms with Crippen molar-refractivity contribution in [2.45, 2.75) is 43.9 Å². The Morgan fingerprint density at radius 1 is 1.24 bits per heavy atom. The normalized spacial score (nSPS) is 16.6. The summed E-state index contributed by atoms with van der Waals surface area (Å²) in [6.45, 7) is 0.628. The van der Waals surface area contributed by atoms with Gasteiger partial charge in [0.1, 0.15) is 11.3 Å². The van der Waals surface area contributed by atoms with Gasteiger partial charge in [0.25, 0.3) is 0 Å². The summed E-state index contributed by atoms with van der Waals surface area (Å²) in [5.74, 6) is -1.19. The first-order valence-corrected chi connectivity index (χ1v) is 10.8. The number of carboxylic acid groups (broad SMARTS) is 1. The van der Waals surface area contributed by atoms with Crippen LogP contribution in [0.2, 0.25) is 5.02 Å². The highest BCUT2D eigenvalue weighted by atomic mass is 35.5. The summed E-state index contributed by atoms with van der Waals surface area (Å²) in [4.78, 5) is 24.0. The lowest BCUT2D eigenvalue weighted by atomic mass is 9.75. The van der Waals surface area contributed by atoms with E-state index in [0.29, 0.717) is 42.9 Å². The molecule has 0 spiro atoms. The van der Waals surface area contributed by atoms with Crippen molar-refractivity contribution in [1.29, 1.82) is 0 Å². The largest absolute Gasteiger partial charge is 0.492 e. The van der Waals surface area contributed by atoms with E-state index in [1.165, 1.54) is 6.07 Å². The predicted molar refractivity (Wildman–Crippen MR) is 115 cm³/mol. The van der Waals surface area contributed by atoms with E-state index >= 15 is 0 Å². The minimum absolute atomic E-state index is 0.131. The van der Waals surface area contributed by atoms with Crippen molar-refractivity contribution in [2.75, 3.05) is 25.3 Å². The number of pyridine rings is 1. The minimum Gasteiger partial charge on any atom is -0.492 e. The van der Waals surface area contributed by atoms with Crippen LogP contribution in [0.3, 0.4) is 0 Å². The standard InChI is InChI=1S/C22H22ClF3N2O5/c1-32-6-3-7-33-19-8-13-11-28(21(4-2-5-21)22(24,25)26)27-12-15(20(30)31)18(29)10-17(27)14(13)9-16(19)23/h8-10,12H,2-7,11H2,1H3,(H,30,31). The van der Waals surface area contributed by atoms with Crippen molar-refractivity contribution in [3.05, 3.63) is 50.8 Å². The van der Waals surface area contributed by atoms with E-state index in [-0.39, 0.29) is 30.1 Å². The molecule has 1 aliphatic carbocycles. The number of aromatic nitrogens is 1. The first-order chi connectivity index (χ1) is 15.6. The van der Waals surface area contributed by atoms with E-state index in [1.807, 2.05) is 0 Å². The molecule has 0 saturated heterocycles. The van der Waals surface area contributed by atoms with Crippen LogP contribution in [0.15, 0.2) is 29.2 Å². The van der Waals surface area contributed by atoms with E-state index in [1.54, 1.807) is 13.2 Å². The van der Waals surface area contributed by atoms with Gasteiger partial charge in [0.2, 0.25) is 0 Å². The second-order valence-corrected chi connectivity index (χ2v) is 8.57. The highest BCUT2D eigenvalue weighted by Crippen LogP contribution is 2.51. The molecule has 0 atom stereocenters. The molecule has 11 heteroatoms. The molecule has 2 heterocycles. The summed E-state index contributed by atoms with van der Waals surface area (Å²) >= 11 is 6.37. The fourth-order valence-electron chi connectivity index (χ4n) is 4.34. The number of benzene rings is 1. The molecule has 1 saturated carbocycles. The van der Waals surface area contributed by atoms with Crippen molar-refractivity contribution in [1.82, 2.24) is 4.68 Å². The van der Waals surface area contributed by atoms with Gasteiger partial charge in [0, 0.05) is 38.0 Å². The van der Waals surface area contributed by atoms with E-state index in [2.05, 4.69) is 0 Å². The van der Waals surface area contributed by atoms with Crippen molar-refractivity contribution < 1.29 is 32.5 Å². The molecular weight excluding hydrogens is 465 g/mol. The van der Waals surface area contributed by atoms with Crippen molar-refractivity contribution in [3.63, 3.8) is 0 Å². The molecule has 1 fully saturated rings. The van der Waals surface area contributed by atoms with Crippen LogP contribution in [-0.4, -0.2) is 47.8 Å². The number of aromatic carboxylic acids is 1. The van der Waals surface area contributed by atoms with Gasteiger partial charge in [-0.15, -0.1) is 0 Å². The Balaban J connectivity index is 1.85. The third-order valence-corrected chi connectivity index (χ3v) is 6.52. The first-order valence-electron chi connectivity index (χ1n) is 10.4. The van der Waals surface area contributed by atoms with Crippen molar-refractivity contribution >= 4 is 17.6 Å².